The van der Waals surface area contributed by atoms with Crippen molar-refractivity contribution in [3.05, 3.63) is 102 Å². The predicted molar refractivity (Wildman–Crippen MR) is 262 cm³/mol. The maximum atomic E-state index is 15.5. The highest BCUT2D eigenvalue weighted by Gasteiger charge is 2.48. The molecule has 21 nitrogen and oxygen atoms in total. The van der Waals surface area contributed by atoms with E-state index in [2.05, 4.69) is 33.2 Å². The van der Waals surface area contributed by atoms with Crippen LogP contribution in [-0.2, 0) is 49.6 Å². The second kappa shape index (κ2) is 24.7. The van der Waals surface area contributed by atoms with Gasteiger partial charge in [0, 0.05) is 70.6 Å². The molecule has 7 atom stereocenters. The van der Waals surface area contributed by atoms with E-state index in [1.54, 1.807) is 12.3 Å². The maximum Gasteiger partial charge on any atom is 0.267 e. The molecule has 9 N–H and O–H groups in total. The first kappa shape index (κ1) is 57.0. The molecule has 0 spiro atoms. The number of ether oxygens (including phenoxy) is 1. The minimum atomic E-state index is -1.93. The molecule has 1 aliphatic carbocycles. The highest BCUT2D eigenvalue weighted by Crippen LogP contribution is 2.41. The Labute approximate surface area is 421 Å². The van der Waals surface area contributed by atoms with E-state index in [0.29, 0.717) is 11.3 Å². The summed E-state index contributed by atoms with van der Waals surface area (Å²) in [5, 5.41) is 35.6. The lowest BCUT2D eigenvalue weighted by atomic mass is 9.82. The number of hydrogen-bond donors (Lipinski definition) is 8. The number of amides is 8. The molecule has 0 saturated carbocycles. The fourth-order valence-corrected chi connectivity index (χ4v) is 8.61. The molecule has 1 aromatic heterocycles. The van der Waals surface area contributed by atoms with Crippen LogP contribution in [0.15, 0.2) is 85.0 Å². The number of allylic oxidation sites excluding steroid dienone is 4. The van der Waals surface area contributed by atoms with Crippen LogP contribution in [0.25, 0.3) is 5.57 Å². The minimum absolute atomic E-state index is 0.0533. The first-order valence-corrected chi connectivity index (χ1v) is 23.7. The number of nitrogens with zero attached hydrogens (tertiary/aromatic N) is 4. The number of hydrogen-bond acceptors (Lipinski definition) is 13. The van der Waals surface area contributed by atoms with Crippen LogP contribution in [0.2, 0.25) is 0 Å². The zero-order valence-electron chi connectivity index (χ0n) is 41.8. The zero-order chi connectivity index (χ0) is 53.9. The number of primary amides is 1. The molecule has 2 aromatic rings. The molecule has 3 unspecified atom stereocenters. The van der Waals surface area contributed by atoms with Crippen molar-refractivity contribution < 1.29 is 62.1 Å². The van der Waals surface area contributed by atoms with E-state index < -0.39 is 120 Å². The number of imide groups is 1. The third kappa shape index (κ3) is 15.3. The molecule has 1 fully saturated rings. The van der Waals surface area contributed by atoms with E-state index in [1.165, 1.54) is 25.8 Å². The largest absolute Gasteiger partial charge is 0.387 e. The third-order valence-corrected chi connectivity index (χ3v) is 12.4. The van der Waals surface area contributed by atoms with Crippen molar-refractivity contribution in [1.82, 2.24) is 45.9 Å². The SMILES string of the molecule is C=C(C(=O)N[C@@H](CC(N)=O)C(O)N[C@@H](CCN(C(=O)CO)[C@@H](c1cc(C2=CC(F)=CCC2F)cn1Cc1ccccc1)C(C)(C)C)C(=O)NCCNC1(CN2C(=O)C=CC2=O)CO1)N(C)C(=O)[C@H](C)NC(C)=O. The van der Waals surface area contributed by atoms with E-state index >= 15 is 4.39 Å². The molecule has 396 valence electrons. The van der Waals surface area contributed by atoms with Gasteiger partial charge in [-0.1, -0.05) is 57.7 Å². The van der Waals surface area contributed by atoms with Gasteiger partial charge in [0.25, 0.3) is 17.7 Å². The van der Waals surface area contributed by atoms with Crippen molar-refractivity contribution in [2.75, 3.05) is 46.4 Å². The summed E-state index contributed by atoms with van der Waals surface area (Å²) in [6.07, 6.45) is 1.60. The first-order chi connectivity index (χ1) is 34.3. The van der Waals surface area contributed by atoms with Gasteiger partial charge in [0.05, 0.1) is 37.7 Å². The smallest absolute Gasteiger partial charge is 0.267 e. The fourth-order valence-electron chi connectivity index (χ4n) is 8.61. The summed E-state index contributed by atoms with van der Waals surface area (Å²) >= 11 is 0. The number of halogens is 2. The van der Waals surface area contributed by atoms with Crippen LogP contribution < -0.4 is 32.3 Å². The number of epoxide rings is 1. The molecule has 73 heavy (non-hydrogen) atoms. The van der Waals surface area contributed by atoms with Crippen LogP contribution >= 0.6 is 0 Å². The maximum absolute atomic E-state index is 15.5. The second-order valence-electron chi connectivity index (χ2n) is 19.2. The van der Waals surface area contributed by atoms with E-state index in [4.69, 9.17) is 10.5 Å². The standard InChI is InChI=1S/C50H66F2N10O11/c1-29(56-31(3)64)48(72)59(7)30(2)45(69)58-38(23-40(53)65)47(71)57-37(46(70)54-18-19-55-50(28-73-50)27-62-41(66)15-16-42(62)67)17-20-61(43(68)26-63)44(49(4,5)6)39-21-33(35-22-34(51)13-14-36(35)52)25-60(39)24-32-11-9-8-10-12-32/h8-13,15-16,21-22,25,29,36-38,44,47,55,57,63,71H,2,14,17-20,23-24,26-28H2,1,3-7H3,(H2,53,65)(H,54,70)(H,56,64)(H,58,69)/t29-,36?,37-,38-,44-,47?,50?/m0/s1. The Balaban J connectivity index is 1.45. The van der Waals surface area contributed by atoms with Crippen molar-refractivity contribution >= 4 is 52.8 Å². The van der Waals surface area contributed by atoms with Gasteiger partial charge in [-0.2, -0.15) is 0 Å². The third-order valence-electron chi connectivity index (χ3n) is 12.4. The Morgan fingerprint density at radius 1 is 1.05 bits per heavy atom. The van der Waals surface area contributed by atoms with E-state index in [9.17, 15) is 53.0 Å². The molecule has 3 heterocycles. The molecule has 2 aliphatic heterocycles. The van der Waals surface area contributed by atoms with Gasteiger partial charge in [-0.15, -0.1) is 0 Å². The number of benzene rings is 1. The van der Waals surface area contributed by atoms with Gasteiger partial charge in [-0.25, -0.2) is 8.78 Å². The lowest BCUT2D eigenvalue weighted by Gasteiger charge is -2.41. The average Bonchev–Trinajstić information content (AvgIpc) is 3.88. The van der Waals surface area contributed by atoms with Crippen LogP contribution in [0, 0.1) is 5.41 Å². The molecule has 3 aliphatic rings. The normalized spacial score (nSPS) is 19.4. The molecule has 5 rings (SSSR count). The zero-order valence-corrected chi connectivity index (χ0v) is 41.8. The van der Waals surface area contributed by atoms with Crippen LogP contribution in [0.1, 0.15) is 76.7 Å². The van der Waals surface area contributed by atoms with Gasteiger partial charge in [0.2, 0.25) is 29.5 Å². The van der Waals surface area contributed by atoms with Crippen molar-refractivity contribution in [1.29, 1.82) is 0 Å². The molecule has 0 bridgehead atoms. The van der Waals surface area contributed by atoms with Gasteiger partial charge in [-0.3, -0.25) is 53.9 Å². The summed E-state index contributed by atoms with van der Waals surface area (Å²) in [5.74, 6) is -6.38. The Hall–Kier alpha value is -6.92. The summed E-state index contributed by atoms with van der Waals surface area (Å²) < 4.78 is 37.5. The average molecular weight is 1020 g/mol. The van der Waals surface area contributed by atoms with Crippen LogP contribution in [0.5, 0.6) is 0 Å². The van der Waals surface area contributed by atoms with Gasteiger partial charge < -0.3 is 51.0 Å². The van der Waals surface area contributed by atoms with Crippen molar-refractivity contribution in [3.8, 4) is 0 Å². The predicted octanol–water partition coefficient (Wildman–Crippen LogP) is 0.304. The highest BCUT2D eigenvalue weighted by molar-refractivity contribution is 6.13. The summed E-state index contributed by atoms with van der Waals surface area (Å²) in [6, 6.07) is 5.98. The number of aromatic nitrogens is 1. The Morgan fingerprint density at radius 3 is 2.30 bits per heavy atom. The summed E-state index contributed by atoms with van der Waals surface area (Å²) in [4.78, 5) is 106. The topological polar surface area (TPSA) is 290 Å². The lowest BCUT2D eigenvalue weighted by Crippen LogP contribution is -2.59. The fraction of sp³-hybridized carbons (Fsp3) is 0.480. The van der Waals surface area contributed by atoms with Crippen molar-refractivity contribution in [2.45, 2.75) is 103 Å². The number of nitrogens with one attached hydrogen (secondary N) is 5. The summed E-state index contributed by atoms with van der Waals surface area (Å²) in [7, 11) is 1.22. The molecule has 1 saturated heterocycles. The Bertz CT molecular complexity index is 2500. The Kier molecular flexibility index (Phi) is 19.3. The number of carbonyl (C=O) groups excluding carboxylic acids is 8. The van der Waals surface area contributed by atoms with Crippen LogP contribution in [-0.4, -0.2) is 159 Å². The number of likely N-dealkylation sites (N-methyl/N-ethyl adjacent to an activating group) is 1. The number of aliphatic hydroxyl groups is 2. The number of alkyl halides is 1. The molecular formula is C50H66F2N10O11. The summed E-state index contributed by atoms with van der Waals surface area (Å²) in [6.45, 7) is 10.8. The van der Waals surface area contributed by atoms with Crippen molar-refractivity contribution in [2.24, 2.45) is 11.1 Å². The van der Waals surface area contributed by atoms with Crippen LogP contribution in [0.4, 0.5) is 8.78 Å². The van der Waals surface area contributed by atoms with Gasteiger partial charge in [0.15, 0.2) is 5.72 Å². The molecule has 1 aromatic carbocycles. The minimum Gasteiger partial charge on any atom is -0.387 e. The quantitative estimate of drug-likeness (QED) is 0.0207. The molecule has 0 radical (unpaired) electrons. The van der Waals surface area contributed by atoms with E-state index in [1.807, 2.05) is 55.7 Å². The molecule has 23 heteroatoms. The molecule has 8 amide bonds. The number of aliphatic hydroxyl groups excluding tert-OH is 2. The summed E-state index contributed by atoms with van der Waals surface area (Å²) in [5.41, 5.74) is 4.99. The first-order valence-electron chi connectivity index (χ1n) is 23.7. The van der Waals surface area contributed by atoms with Gasteiger partial charge >= 0.3 is 0 Å². The van der Waals surface area contributed by atoms with E-state index in [-0.39, 0.29) is 57.7 Å². The molecular weight excluding hydrogens is 955 g/mol. The van der Waals surface area contributed by atoms with Gasteiger partial charge in [0.1, 0.15) is 36.6 Å². The van der Waals surface area contributed by atoms with Crippen LogP contribution in [0.3, 0.4) is 0 Å². The number of nitrogens with two attached hydrogens (primary N) is 1. The highest BCUT2D eigenvalue weighted by atomic mass is 19.1. The number of rotatable bonds is 26. The van der Waals surface area contributed by atoms with Gasteiger partial charge in [-0.05, 0) is 53.7 Å². The lowest BCUT2D eigenvalue weighted by molar-refractivity contribution is -0.140. The van der Waals surface area contributed by atoms with Crippen molar-refractivity contribution in [3.63, 3.8) is 0 Å². The Morgan fingerprint density at radius 2 is 1.71 bits per heavy atom. The monoisotopic (exact) mass is 1020 g/mol. The number of carbonyl (C=O) groups is 8. The second-order valence-corrected chi connectivity index (χ2v) is 19.2. The van der Waals surface area contributed by atoms with E-state index in [0.717, 1.165) is 39.7 Å².